The van der Waals surface area contributed by atoms with Gasteiger partial charge in [0.15, 0.2) is 0 Å². The molecule has 3 aliphatic rings. The van der Waals surface area contributed by atoms with Gasteiger partial charge in [-0.2, -0.15) is 0 Å². The first kappa shape index (κ1) is 22.5. The van der Waals surface area contributed by atoms with Crippen molar-refractivity contribution in [1.82, 2.24) is 14.9 Å². The molecule has 7 nitrogen and oxygen atoms in total. The molecule has 2 aliphatic heterocycles. The minimum atomic E-state index is -0.431. The summed E-state index contributed by atoms with van der Waals surface area (Å²) in [7, 11) is 0. The summed E-state index contributed by atoms with van der Waals surface area (Å²) in [4.78, 5) is 27.6. The monoisotopic (exact) mass is 430 g/mol. The Morgan fingerprint density at radius 1 is 1.26 bits per heavy atom. The van der Waals surface area contributed by atoms with Gasteiger partial charge in [0, 0.05) is 44.0 Å². The highest BCUT2D eigenvalue weighted by Gasteiger charge is 2.54. The lowest BCUT2D eigenvalue weighted by atomic mass is 9.61. The zero-order valence-electron chi connectivity index (χ0n) is 19.4. The van der Waals surface area contributed by atoms with Gasteiger partial charge in [-0.25, -0.2) is 9.97 Å². The SMILES string of the molecule is CCCc1cnc(C)nc1N1CC[C@@H]2C[C@@H](N3CCOCC3)CC[C@@]2(C(=O)OCC)C1. The summed E-state index contributed by atoms with van der Waals surface area (Å²) in [5.74, 6) is 2.17. The Balaban J connectivity index is 1.58. The van der Waals surface area contributed by atoms with Gasteiger partial charge < -0.3 is 14.4 Å². The second-order valence-electron chi connectivity index (χ2n) is 9.38. The Hall–Kier alpha value is -1.73. The summed E-state index contributed by atoms with van der Waals surface area (Å²) >= 11 is 0. The Kier molecular flexibility index (Phi) is 7.12. The summed E-state index contributed by atoms with van der Waals surface area (Å²) in [6.45, 7) is 11.8. The standard InChI is InChI=1S/C24H38N4O3/c1-4-6-19-16-25-18(3)26-22(19)28-10-8-20-15-21(27-11-13-30-14-12-27)7-9-24(20,17-28)23(29)31-5-2/h16,20-21H,4-15,17H2,1-3H3/t20-,21+,24-/m1/s1. The Morgan fingerprint density at radius 3 is 2.81 bits per heavy atom. The van der Waals surface area contributed by atoms with Gasteiger partial charge in [0.05, 0.1) is 25.2 Å². The maximum atomic E-state index is 13.4. The Labute approximate surface area is 186 Å². The molecule has 172 valence electrons. The number of hydrogen-bond donors (Lipinski definition) is 0. The summed E-state index contributed by atoms with van der Waals surface area (Å²) in [5.41, 5.74) is 0.756. The zero-order valence-corrected chi connectivity index (χ0v) is 19.4. The number of carbonyl (C=O) groups excluding carboxylic acids is 1. The van der Waals surface area contributed by atoms with Crippen LogP contribution in [0.5, 0.6) is 0 Å². The number of carbonyl (C=O) groups is 1. The van der Waals surface area contributed by atoms with Gasteiger partial charge in [0.2, 0.25) is 0 Å². The molecule has 7 heteroatoms. The van der Waals surface area contributed by atoms with Crippen molar-refractivity contribution in [3.8, 4) is 0 Å². The zero-order chi connectivity index (χ0) is 21.8. The largest absolute Gasteiger partial charge is 0.466 e. The molecule has 31 heavy (non-hydrogen) atoms. The van der Waals surface area contributed by atoms with Crippen molar-refractivity contribution in [3.63, 3.8) is 0 Å². The molecule has 4 rings (SSSR count). The molecule has 1 aromatic heterocycles. The summed E-state index contributed by atoms with van der Waals surface area (Å²) in [6.07, 6.45) is 8.02. The summed E-state index contributed by atoms with van der Waals surface area (Å²) in [5, 5.41) is 0. The molecule has 0 aromatic carbocycles. The van der Waals surface area contributed by atoms with E-state index in [1.165, 1.54) is 5.56 Å². The number of piperidine rings is 1. The number of anilines is 1. The molecule has 0 amide bonds. The lowest BCUT2D eigenvalue weighted by Crippen LogP contribution is -2.59. The summed E-state index contributed by atoms with van der Waals surface area (Å²) in [6, 6.07) is 0.556. The Morgan fingerprint density at radius 2 is 2.06 bits per heavy atom. The number of rotatable bonds is 6. The van der Waals surface area contributed by atoms with Gasteiger partial charge in [-0.3, -0.25) is 9.69 Å². The van der Waals surface area contributed by atoms with Crippen molar-refractivity contribution in [3.05, 3.63) is 17.6 Å². The fourth-order valence-corrected chi connectivity index (χ4v) is 5.90. The van der Waals surface area contributed by atoms with E-state index < -0.39 is 5.41 Å². The average Bonchev–Trinajstić information content (AvgIpc) is 2.80. The third-order valence-electron chi connectivity index (χ3n) is 7.51. The van der Waals surface area contributed by atoms with Gasteiger partial charge in [0.1, 0.15) is 11.6 Å². The van der Waals surface area contributed by atoms with Crippen molar-refractivity contribution in [2.45, 2.75) is 65.3 Å². The van der Waals surface area contributed by atoms with Crippen molar-refractivity contribution in [1.29, 1.82) is 0 Å². The van der Waals surface area contributed by atoms with Crippen LogP contribution >= 0.6 is 0 Å². The van der Waals surface area contributed by atoms with E-state index in [0.29, 0.717) is 25.1 Å². The van der Waals surface area contributed by atoms with Gasteiger partial charge in [-0.15, -0.1) is 0 Å². The van der Waals surface area contributed by atoms with Crippen molar-refractivity contribution in [2.24, 2.45) is 11.3 Å². The number of hydrogen-bond acceptors (Lipinski definition) is 7. The molecule has 0 N–H and O–H groups in total. The van der Waals surface area contributed by atoms with E-state index in [4.69, 9.17) is 14.5 Å². The van der Waals surface area contributed by atoms with Crippen LogP contribution in [0.25, 0.3) is 0 Å². The average molecular weight is 431 g/mol. The first-order chi connectivity index (χ1) is 15.1. The predicted octanol–water partition coefficient (Wildman–Crippen LogP) is 3.00. The van der Waals surface area contributed by atoms with Gasteiger partial charge >= 0.3 is 5.97 Å². The lowest BCUT2D eigenvalue weighted by Gasteiger charge is -2.53. The van der Waals surface area contributed by atoms with Crippen LogP contribution < -0.4 is 4.90 Å². The number of ether oxygens (including phenoxy) is 2. The van der Waals surface area contributed by atoms with Crippen LogP contribution in [0, 0.1) is 18.3 Å². The van der Waals surface area contributed by atoms with E-state index in [-0.39, 0.29) is 5.97 Å². The smallest absolute Gasteiger partial charge is 0.314 e. The number of fused-ring (bicyclic) bond motifs is 1. The number of nitrogens with zero attached hydrogens (tertiary/aromatic N) is 4. The molecule has 0 spiro atoms. The molecule has 3 fully saturated rings. The normalized spacial score (nSPS) is 29.5. The minimum absolute atomic E-state index is 0.00653. The second-order valence-corrected chi connectivity index (χ2v) is 9.38. The van der Waals surface area contributed by atoms with E-state index >= 15 is 0 Å². The van der Waals surface area contributed by atoms with Crippen LogP contribution in [0.2, 0.25) is 0 Å². The van der Waals surface area contributed by atoms with E-state index in [2.05, 4.69) is 21.7 Å². The lowest BCUT2D eigenvalue weighted by molar-refractivity contribution is -0.164. The van der Waals surface area contributed by atoms with Gasteiger partial charge in [0.25, 0.3) is 0 Å². The van der Waals surface area contributed by atoms with Crippen molar-refractivity contribution >= 4 is 11.8 Å². The molecule has 3 heterocycles. The first-order valence-corrected chi connectivity index (χ1v) is 12.1. The van der Waals surface area contributed by atoms with Crippen molar-refractivity contribution < 1.29 is 14.3 Å². The highest BCUT2D eigenvalue weighted by Crippen LogP contribution is 2.49. The quantitative estimate of drug-likeness (QED) is 0.643. The molecule has 1 aromatic rings. The summed E-state index contributed by atoms with van der Waals surface area (Å²) < 4.78 is 11.2. The number of aromatic nitrogens is 2. The molecule has 0 unspecified atom stereocenters. The molecule has 3 atom stereocenters. The van der Waals surface area contributed by atoms with Crippen LogP contribution in [0.15, 0.2) is 6.20 Å². The third kappa shape index (κ3) is 4.58. The maximum Gasteiger partial charge on any atom is 0.314 e. The minimum Gasteiger partial charge on any atom is -0.466 e. The maximum absolute atomic E-state index is 13.4. The van der Waals surface area contributed by atoms with Crippen molar-refractivity contribution in [2.75, 3.05) is 50.9 Å². The number of aryl methyl sites for hydroxylation is 2. The third-order valence-corrected chi connectivity index (χ3v) is 7.51. The van der Waals surface area contributed by atoms with Crippen LogP contribution in [0.1, 0.15) is 57.3 Å². The fourth-order valence-electron chi connectivity index (χ4n) is 5.90. The Bertz CT molecular complexity index is 767. The van der Waals surface area contributed by atoms with Gasteiger partial charge in [-0.05, 0) is 51.9 Å². The van der Waals surface area contributed by atoms with E-state index in [1.54, 1.807) is 0 Å². The van der Waals surface area contributed by atoms with Crippen LogP contribution in [-0.2, 0) is 20.7 Å². The molecular weight excluding hydrogens is 392 g/mol. The highest BCUT2D eigenvalue weighted by atomic mass is 16.5. The topological polar surface area (TPSA) is 67.8 Å². The number of morpholine rings is 1. The molecule has 2 saturated heterocycles. The second kappa shape index (κ2) is 9.82. The van der Waals surface area contributed by atoms with E-state index in [0.717, 1.165) is 83.0 Å². The number of esters is 1. The fraction of sp³-hybridized carbons (Fsp3) is 0.792. The van der Waals surface area contributed by atoms with E-state index in [9.17, 15) is 4.79 Å². The molecule has 1 saturated carbocycles. The predicted molar refractivity (Wildman–Crippen MR) is 120 cm³/mol. The van der Waals surface area contributed by atoms with Crippen LogP contribution in [-0.4, -0.2) is 72.9 Å². The van der Waals surface area contributed by atoms with Crippen LogP contribution in [0.3, 0.4) is 0 Å². The molecular formula is C24H38N4O3. The van der Waals surface area contributed by atoms with Crippen LogP contribution in [0.4, 0.5) is 5.82 Å². The van der Waals surface area contributed by atoms with Gasteiger partial charge in [-0.1, -0.05) is 13.3 Å². The molecule has 0 bridgehead atoms. The van der Waals surface area contributed by atoms with E-state index in [1.807, 2.05) is 20.0 Å². The molecule has 0 radical (unpaired) electrons. The molecule has 1 aliphatic carbocycles. The highest BCUT2D eigenvalue weighted by molar-refractivity contribution is 5.79. The first-order valence-electron chi connectivity index (χ1n) is 12.1.